The third-order valence-corrected chi connectivity index (χ3v) is 6.19. The van der Waals surface area contributed by atoms with E-state index < -0.39 is 17.7 Å². The van der Waals surface area contributed by atoms with Gasteiger partial charge < -0.3 is 24.4 Å². The molecule has 1 amide bonds. The normalized spacial score (nSPS) is 22.0. The Balaban J connectivity index is 1.76. The van der Waals surface area contributed by atoms with Gasteiger partial charge in [-0.05, 0) is 68.7 Å². The van der Waals surface area contributed by atoms with Crippen molar-refractivity contribution in [1.82, 2.24) is 4.90 Å². The van der Waals surface area contributed by atoms with Gasteiger partial charge in [-0.25, -0.2) is 0 Å². The second-order valence-electron chi connectivity index (χ2n) is 9.26. The average Bonchev–Trinajstić information content (AvgIpc) is 3.41. The zero-order valence-electron chi connectivity index (χ0n) is 20.2. The van der Waals surface area contributed by atoms with Gasteiger partial charge in [-0.3, -0.25) is 9.59 Å². The predicted octanol–water partition coefficient (Wildman–Crippen LogP) is 4.14. The van der Waals surface area contributed by atoms with Gasteiger partial charge in [0.05, 0.1) is 23.8 Å². The molecule has 0 radical (unpaired) electrons. The molecule has 2 aliphatic heterocycles. The number of aliphatic hydroxyl groups excluding tert-OH is 1. The minimum atomic E-state index is -0.688. The van der Waals surface area contributed by atoms with Gasteiger partial charge in [0, 0.05) is 38.5 Å². The number of carbonyl (C=O) groups excluding carboxylic acids is 2. The van der Waals surface area contributed by atoms with Crippen LogP contribution >= 0.6 is 0 Å². The number of amides is 1. The largest absolute Gasteiger partial charge is 0.507 e. The number of benzene rings is 2. The molecule has 0 aromatic heterocycles. The van der Waals surface area contributed by atoms with Gasteiger partial charge in [-0.2, -0.15) is 0 Å². The van der Waals surface area contributed by atoms with Crippen LogP contribution in [0.2, 0.25) is 0 Å². The van der Waals surface area contributed by atoms with Crippen molar-refractivity contribution >= 4 is 23.1 Å². The lowest BCUT2D eigenvalue weighted by atomic mass is 9.95. The Morgan fingerprint density at radius 3 is 2.35 bits per heavy atom. The van der Waals surface area contributed by atoms with Gasteiger partial charge in [0.15, 0.2) is 0 Å². The summed E-state index contributed by atoms with van der Waals surface area (Å²) in [6.07, 6.45) is 1.68. The summed E-state index contributed by atoms with van der Waals surface area (Å²) in [5.74, 6) is -0.814. The van der Waals surface area contributed by atoms with Crippen molar-refractivity contribution < 1.29 is 24.2 Å². The Labute approximate surface area is 200 Å². The van der Waals surface area contributed by atoms with Crippen LogP contribution in [0.1, 0.15) is 43.9 Å². The van der Waals surface area contributed by atoms with Crippen molar-refractivity contribution in [3.63, 3.8) is 0 Å². The Bertz CT molecular complexity index is 1070. The number of carbonyl (C=O) groups is 2. The molecule has 0 aliphatic carbocycles. The molecule has 180 valence electrons. The summed E-state index contributed by atoms with van der Waals surface area (Å²) < 4.78 is 11.4. The summed E-state index contributed by atoms with van der Waals surface area (Å²) in [7, 11) is 3.90. The summed E-state index contributed by atoms with van der Waals surface area (Å²) in [6.45, 7) is 4.83. The van der Waals surface area contributed by atoms with E-state index in [1.807, 2.05) is 57.1 Å². The fraction of sp³-hybridized carbons (Fsp3) is 0.407. The summed E-state index contributed by atoms with van der Waals surface area (Å²) in [4.78, 5) is 29.8. The van der Waals surface area contributed by atoms with E-state index in [-0.39, 0.29) is 23.5 Å². The van der Waals surface area contributed by atoms with Gasteiger partial charge in [-0.1, -0.05) is 12.1 Å². The number of Topliss-reactive ketones (excluding diaryl/α,β-unsaturated/α-hetero) is 1. The molecule has 2 saturated heterocycles. The van der Waals surface area contributed by atoms with Crippen LogP contribution in [-0.4, -0.2) is 61.2 Å². The van der Waals surface area contributed by atoms with E-state index in [0.717, 1.165) is 24.1 Å². The number of aliphatic hydroxyl groups is 1. The fourth-order valence-electron chi connectivity index (χ4n) is 4.50. The summed E-state index contributed by atoms with van der Waals surface area (Å²) in [5, 5.41) is 11.2. The molecule has 0 spiro atoms. The topological polar surface area (TPSA) is 79.3 Å². The molecule has 4 rings (SSSR count). The summed E-state index contributed by atoms with van der Waals surface area (Å²) in [5.41, 5.74) is 2.32. The van der Waals surface area contributed by atoms with Crippen LogP contribution in [0.5, 0.6) is 5.75 Å². The van der Waals surface area contributed by atoms with Gasteiger partial charge in [0.2, 0.25) is 0 Å². The number of ether oxygens (including phenoxy) is 2. The molecule has 2 aromatic carbocycles. The lowest BCUT2D eigenvalue weighted by Gasteiger charge is -2.28. The first-order chi connectivity index (χ1) is 16.3. The first kappa shape index (κ1) is 23.8. The van der Waals surface area contributed by atoms with Crippen molar-refractivity contribution in [2.75, 3.05) is 32.1 Å². The fourth-order valence-corrected chi connectivity index (χ4v) is 4.50. The smallest absolute Gasteiger partial charge is 0.295 e. The van der Waals surface area contributed by atoms with Gasteiger partial charge in [0.25, 0.3) is 11.7 Å². The van der Waals surface area contributed by atoms with Crippen molar-refractivity contribution in [2.45, 2.75) is 44.9 Å². The van der Waals surface area contributed by atoms with E-state index in [4.69, 9.17) is 9.47 Å². The summed E-state index contributed by atoms with van der Waals surface area (Å²) in [6, 6.07) is 13.9. The Hall–Kier alpha value is -3.32. The minimum Gasteiger partial charge on any atom is -0.507 e. The van der Waals surface area contributed by atoms with Gasteiger partial charge in [-0.15, -0.1) is 0 Å². The maximum atomic E-state index is 13.2. The van der Waals surface area contributed by atoms with Crippen LogP contribution < -0.4 is 9.64 Å². The van der Waals surface area contributed by atoms with E-state index in [2.05, 4.69) is 0 Å². The molecule has 7 nitrogen and oxygen atoms in total. The molecule has 2 atom stereocenters. The molecular weight excluding hydrogens is 432 g/mol. The van der Waals surface area contributed by atoms with E-state index in [1.54, 1.807) is 29.2 Å². The first-order valence-electron chi connectivity index (χ1n) is 11.7. The molecule has 2 fully saturated rings. The molecule has 0 bridgehead atoms. The molecule has 0 saturated carbocycles. The molecule has 2 aromatic rings. The van der Waals surface area contributed by atoms with Crippen LogP contribution in [0.4, 0.5) is 5.69 Å². The highest BCUT2D eigenvalue weighted by molar-refractivity contribution is 6.46. The number of nitrogens with zero attached hydrogens (tertiary/aromatic N) is 2. The van der Waals surface area contributed by atoms with Crippen molar-refractivity contribution in [1.29, 1.82) is 0 Å². The second kappa shape index (κ2) is 9.89. The van der Waals surface area contributed by atoms with Gasteiger partial charge in [0.1, 0.15) is 11.5 Å². The molecule has 2 heterocycles. The highest BCUT2D eigenvalue weighted by Gasteiger charge is 2.47. The summed E-state index contributed by atoms with van der Waals surface area (Å²) >= 11 is 0. The number of likely N-dealkylation sites (tertiary alicyclic amines) is 1. The molecule has 2 unspecified atom stereocenters. The third kappa shape index (κ3) is 4.80. The van der Waals surface area contributed by atoms with E-state index in [9.17, 15) is 14.7 Å². The number of ketones is 1. The quantitative estimate of drug-likeness (QED) is 0.377. The Morgan fingerprint density at radius 1 is 1.12 bits per heavy atom. The molecular formula is C27H32N2O5. The van der Waals surface area contributed by atoms with Crippen molar-refractivity contribution in [2.24, 2.45) is 0 Å². The highest BCUT2D eigenvalue weighted by Crippen LogP contribution is 2.40. The number of rotatable bonds is 7. The lowest BCUT2D eigenvalue weighted by Crippen LogP contribution is -2.36. The molecule has 1 N–H and O–H groups in total. The van der Waals surface area contributed by atoms with Crippen molar-refractivity contribution in [3.05, 3.63) is 65.2 Å². The highest BCUT2D eigenvalue weighted by atomic mass is 16.5. The maximum absolute atomic E-state index is 13.2. The zero-order chi connectivity index (χ0) is 24.4. The average molecular weight is 465 g/mol. The molecule has 34 heavy (non-hydrogen) atoms. The molecule has 2 aliphatic rings. The van der Waals surface area contributed by atoms with Crippen LogP contribution in [0.15, 0.2) is 54.1 Å². The molecule has 7 heteroatoms. The second-order valence-corrected chi connectivity index (χ2v) is 9.26. The lowest BCUT2D eigenvalue weighted by molar-refractivity contribution is -0.140. The van der Waals surface area contributed by atoms with Gasteiger partial charge >= 0.3 is 0 Å². The van der Waals surface area contributed by atoms with E-state index in [0.29, 0.717) is 24.5 Å². The third-order valence-electron chi connectivity index (χ3n) is 6.19. The first-order valence-corrected chi connectivity index (χ1v) is 11.7. The van der Waals surface area contributed by atoms with Crippen LogP contribution in [0.25, 0.3) is 5.76 Å². The monoisotopic (exact) mass is 464 g/mol. The number of anilines is 1. The predicted molar refractivity (Wildman–Crippen MR) is 131 cm³/mol. The number of hydrogen-bond donors (Lipinski definition) is 1. The van der Waals surface area contributed by atoms with Crippen LogP contribution in [-0.2, 0) is 14.3 Å². The standard InChI is InChI=1S/C27H32N2O5/c1-17(2)34-21-13-9-19(10-14-21)25(30)23-24(18-7-11-20(12-8-18)28(3)4)29(27(32)26(23)31)16-22-6-5-15-33-22/h7-14,17,22,24,30H,5-6,15-16H2,1-4H3/b25-23-. The van der Waals surface area contributed by atoms with E-state index >= 15 is 0 Å². The van der Waals surface area contributed by atoms with E-state index in [1.165, 1.54) is 0 Å². The van der Waals surface area contributed by atoms with Crippen molar-refractivity contribution in [3.8, 4) is 5.75 Å². The van der Waals surface area contributed by atoms with Crippen LogP contribution in [0.3, 0.4) is 0 Å². The zero-order valence-corrected chi connectivity index (χ0v) is 20.2. The maximum Gasteiger partial charge on any atom is 0.295 e. The van der Waals surface area contributed by atoms with Crippen LogP contribution in [0, 0.1) is 0 Å². The Kier molecular flexibility index (Phi) is 6.93. The minimum absolute atomic E-state index is 0.0210. The Morgan fingerprint density at radius 2 is 1.79 bits per heavy atom. The SMILES string of the molecule is CC(C)Oc1ccc(/C(O)=C2/C(=O)C(=O)N(CC3CCCO3)C2c2ccc(N(C)C)cc2)cc1. The number of hydrogen-bond acceptors (Lipinski definition) is 6.